The second kappa shape index (κ2) is 4.43. The largest absolute Gasteiger partial charge is 0.479 e. The van der Waals surface area contributed by atoms with Crippen LogP contribution in [0.2, 0.25) is 0 Å². The molecular formula is C7H8F5NO4. The van der Waals surface area contributed by atoms with Crippen LogP contribution in [0.4, 0.5) is 22.0 Å². The summed E-state index contributed by atoms with van der Waals surface area (Å²) in [6.45, 7) is -0.659. The zero-order valence-electron chi connectivity index (χ0n) is 8.31. The Balaban J connectivity index is 4.64. The molecule has 0 aromatic rings. The summed E-state index contributed by atoms with van der Waals surface area (Å²) < 4.78 is 59.7. The van der Waals surface area contributed by atoms with E-state index in [9.17, 15) is 31.5 Å². The van der Waals surface area contributed by atoms with Crippen LogP contribution in [0.1, 0.15) is 6.92 Å². The van der Waals surface area contributed by atoms with E-state index in [-0.39, 0.29) is 0 Å². The Morgan fingerprint density at radius 3 is 1.88 bits per heavy atom. The van der Waals surface area contributed by atoms with E-state index < -0.39 is 36.1 Å². The van der Waals surface area contributed by atoms with E-state index in [1.165, 1.54) is 0 Å². The lowest BCUT2D eigenvalue weighted by atomic mass is 10.1. The second-order valence-electron chi connectivity index (χ2n) is 3.33. The fourth-order valence-corrected chi connectivity index (χ4v) is 0.568. The van der Waals surface area contributed by atoms with Gasteiger partial charge in [-0.05, 0) is 6.92 Å². The van der Waals surface area contributed by atoms with Crippen molar-refractivity contribution in [1.29, 1.82) is 0 Å². The zero-order valence-corrected chi connectivity index (χ0v) is 8.31. The zero-order chi connectivity index (χ0) is 14.1. The summed E-state index contributed by atoms with van der Waals surface area (Å²) >= 11 is 0. The number of hydrogen-bond donors (Lipinski definition) is 3. The van der Waals surface area contributed by atoms with Gasteiger partial charge in [-0.1, -0.05) is 0 Å². The highest BCUT2D eigenvalue weighted by atomic mass is 19.4. The van der Waals surface area contributed by atoms with Crippen molar-refractivity contribution in [2.75, 3.05) is 6.54 Å². The molecule has 100 valence electrons. The molecule has 0 saturated heterocycles. The van der Waals surface area contributed by atoms with Gasteiger partial charge < -0.3 is 15.5 Å². The summed E-state index contributed by atoms with van der Waals surface area (Å²) in [6, 6.07) is 0. The molecule has 0 radical (unpaired) electrons. The average molecular weight is 265 g/mol. The maximum absolute atomic E-state index is 12.3. The van der Waals surface area contributed by atoms with E-state index in [0.717, 1.165) is 5.32 Å². The van der Waals surface area contributed by atoms with Crippen molar-refractivity contribution < 1.29 is 41.8 Å². The Hall–Kier alpha value is -1.45. The standard InChI is InChI=1S/C7H8F5NO4/c1-5(17,4(15)16)2-13-3(14)6(8,9)7(10,11)12/h17H,2H2,1H3,(H,13,14)(H,15,16). The summed E-state index contributed by atoms with van der Waals surface area (Å²) in [6.07, 6.45) is -6.09. The van der Waals surface area contributed by atoms with Gasteiger partial charge >= 0.3 is 18.1 Å². The van der Waals surface area contributed by atoms with Gasteiger partial charge in [0.05, 0.1) is 6.54 Å². The van der Waals surface area contributed by atoms with Gasteiger partial charge in [-0.15, -0.1) is 0 Å². The normalized spacial score (nSPS) is 16.2. The van der Waals surface area contributed by atoms with Crippen molar-refractivity contribution in [3.8, 4) is 0 Å². The quantitative estimate of drug-likeness (QED) is 0.631. The number of hydrogen-bond acceptors (Lipinski definition) is 3. The molecule has 1 atom stereocenters. The topological polar surface area (TPSA) is 86.6 Å². The molecular weight excluding hydrogens is 257 g/mol. The highest BCUT2D eigenvalue weighted by molar-refractivity contribution is 5.85. The first-order valence-corrected chi connectivity index (χ1v) is 4.01. The van der Waals surface area contributed by atoms with E-state index in [1.54, 1.807) is 0 Å². The molecule has 0 aromatic carbocycles. The molecule has 0 fully saturated rings. The van der Waals surface area contributed by atoms with Gasteiger partial charge in [0.2, 0.25) is 0 Å². The third kappa shape index (κ3) is 3.51. The molecule has 0 aliphatic rings. The second-order valence-corrected chi connectivity index (χ2v) is 3.33. The molecule has 3 N–H and O–H groups in total. The summed E-state index contributed by atoms with van der Waals surface area (Å²) in [5.41, 5.74) is -2.64. The monoisotopic (exact) mass is 265 g/mol. The number of amides is 1. The lowest BCUT2D eigenvalue weighted by Gasteiger charge is -2.22. The lowest BCUT2D eigenvalue weighted by Crippen LogP contribution is -2.55. The van der Waals surface area contributed by atoms with Crippen molar-refractivity contribution in [1.82, 2.24) is 5.32 Å². The van der Waals surface area contributed by atoms with Crippen molar-refractivity contribution in [3.63, 3.8) is 0 Å². The predicted molar refractivity (Wildman–Crippen MR) is 42.3 cm³/mol. The molecule has 1 unspecified atom stereocenters. The van der Waals surface area contributed by atoms with Crippen LogP contribution in [-0.2, 0) is 9.59 Å². The van der Waals surface area contributed by atoms with Gasteiger partial charge in [0, 0.05) is 0 Å². The van der Waals surface area contributed by atoms with Crippen molar-refractivity contribution in [2.24, 2.45) is 0 Å². The number of nitrogens with one attached hydrogen (secondary N) is 1. The molecule has 0 aromatic heterocycles. The molecule has 1 amide bonds. The third-order valence-corrected chi connectivity index (χ3v) is 1.70. The fraction of sp³-hybridized carbons (Fsp3) is 0.714. The SMILES string of the molecule is CC(O)(CNC(=O)C(F)(F)C(F)(F)F)C(=O)O. The van der Waals surface area contributed by atoms with Crippen LogP contribution >= 0.6 is 0 Å². The van der Waals surface area contributed by atoms with Crippen LogP contribution in [0.3, 0.4) is 0 Å². The maximum atomic E-state index is 12.3. The van der Waals surface area contributed by atoms with Gasteiger partial charge in [0.15, 0.2) is 5.60 Å². The Morgan fingerprint density at radius 2 is 1.59 bits per heavy atom. The Morgan fingerprint density at radius 1 is 1.18 bits per heavy atom. The minimum absolute atomic E-state index is 0.626. The highest BCUT2D eigenvalue weighted by Gasteiger charge is 2.63. The predicted octanol–water partition coefficient (Wildman–Crippen LogP) is 0.136. The molecule has 10 heteroatoms. The van der Waals surface area contributed by atoms with Crippen LogP contribution in [-0.4, -0.2) is 46.3 Å². The molecule has 17 heavy (non-hydrogen) atoms. The number of carboxylic acid groups (broad SMARTS) is 1. The maximum Gasteiger partial charge on any atom is 0.463 e. The van der Waals surface area contributed by atoms with E-state index >= 15 is 0 Å². The first kappa shape index (κ1) is 15.6. The van der Waals surface area contributed by atoms with E-state index in [0.29, 0.717) is 6.92 Å². The number of halogens is 5. The number of carbonyl (C=O) groups excluding carboxylic acids is 1. The molecule has 0 aliphatic heterocycles. The van der Waals surface area contributed by atoms with E-state index in [1.807, 2.05) is 0 Å². The first-order chi connectivity index (χ1) is 7.32. The minimum Gasteiger partial charge on any atom is -0.479 e. The van der Waals surface area contributed by atoms with Gasteiger partial charge in [-0.3, -0.25) is 4.79 Å². The lowest BCUT2D eigenvalue weighted by molar-refractivity contribution is -0.270. The van der Waals surface area contributed by atoms with Crippen molar-refractivity contribution in [2.45, 2.75) is 24.6 Å². The van der Waals surface area contributed by atoms with Gasteiger partial charge in [-0.25, -0.2) is 4.79 Å². The number of aliphatic carboxylic acids is 1. The Kier molecular flexibility index (Phi) is 4.05. The van der Waals surface area contributed by atoms with E-state index in [2.05, 4.69) is 0 Å². The summed E-state index contributed by atoms with van der Waals surface area (Å²) in [4.78, 5) is 20.8. The average Bonchev–Trinajstić information content (AvgIpc) is 2.12. The van der Waals surface area contributed by atoms with Crippen molar-refractivity contribution in [3.05, 3.63) is 0 Å². The molecule has 5 nitrogen and oxygen atoms in total. The summed E-state index contributed by atoms with van der Waals surface area (Å²) in [5.74, 6) is -10.3. The van der Waals surface area contributed by atoms with Crippen LogP contribution < -0.4 is 5.32 Å². The molecule has 0 saturated carbocycles. The van der Waals surface area contributed by atoms with Gasteiger partial charge in [0.25, 0.3) is 5.91 Å². The number of aliphatic hydroxyl groups is 1. The van der Waals surface area contributed by atoms with Crippen LogP contribution in [0, 0.1) is 0 Å². The number of carbonyl (C=O) groups is 2. The van der Waals surface area contributed by atoms with E-state index in [4.69, 9.17) is 10.2 Å². The molecule has 0 spiro atoms. The van der Waals surface area contributed by atoms with Crippen LogP contribution in [0.25, 0.3) is 0 Å². The Bertz CT molecular complexity index is 325. The third-order valence-electron chi connectivity index (χ3n) is 1.70. The summed E-state index contributed by atoms with van der Waals surface area (Å²) in [5, 5.41) is 18.3. The number of alkyl halides is 5. The number of carboxylic acids is 1. The first-order valence-electron chi connectivity index (χ1n) is 4.01. The van der Waals surface area contributed by atoms with Crippen LogP contribution in [0.5, 0.6) is 0 Å². The van der Waals surface area contributed by atoms with Gasteiger partial charge in [-0.2, -0.15) is 22.0 Å². The fourth-order valence-electron chi connectivity index (χ4n) is 0.568. The van der Waals surface area contributed by atoms with Crippen LogP contribution in [0.15, 0.2) is 0 Å². The minimum atomic E-state index is -6.09. The highest BCUT2D eigenvalue weighted by Crippen LogP contribution is 2.35. The smallest absolute Gasteiger partial charge is 0.463 e. The Labute approximate surface area is 91.2 Å². The number of rotatable bonds is 4. The summed E-state index contributed by atoms with van der Waals surface area (Å²) in [7, 11) is 0. The molecule has 0 aliphatic carbocycles. The van der Waals surface area contributed by atoms with Gasteiger partial charge in [0.1, 0.15) is 0 Å². The molecule has 0 heterocycles. The van der Waals surface area contributed by atoms with Crippen molar-refractivity contribution >= 4 is 11.9 Å². The molecule has 0 rings (SSSR count). The molecule has 0 bridgehead atoms.